The lowest BCUT2D eigenvalue weighted by Gasteiger charge is -2.15. The quantitative estimate of drug-likeness (QED) is 0.467. The zero-order chi connectivity index (χ0) is 18.4. The van der Waals surface area contributed by atoms with Crippen molar-refractivity contribution < 1.29 is 9.47 Å². The number of hydrogen-bond acceptors (Lipinski definition) is 5. The van der Waals surface area contributed by atoms with Crippen LogP contribution >= 0.6 is 12.4 Å². The van der Waals surface area contributed by atoms with Crippen LogP contribution in [0.4, 0.5) is 0 Å². The van der Waals surface area contributed by atoms with Crippen LogP contribution in [0, 0.1) is 0 Å². The topological polar surface area (TPSA) is 67.0 Å². The summed E-state index contributed by atoms with van der Waals surface area (Å²) in [6.07, 6.45) is 3.80. The van der Waals surface area contributed by atoms with Gasteiger partial charge in [-0.25, -0.2) is 0 Å². The summed E-state index contributed by atoms with van der Waals surface area (Å²) in [7, 11) is 3.28. The fraction of sp³-hybridized carbons (Fsp3) is 0.150. The van der Waals surface area contributed by atoms with E-state index in [4.69, 9.17) is 9.47 Å². The van der Waals surface area contributed by atoms with Crippen molar-refractivity contribution in [2.24, 2.45) is 0 Å². The van der Waals surface area contributed by atoms with E-state index in [9.17, 15) is 0 Å². The lowest BCUT2D eigenvalue weighted by Crippen LogP contribution is -2.04. The molecule has 0 unspecified atom stereocenters. The van der Waals surface area contributed by atoms with E-state index in [1.807, 2.05) is 53.2 Å². The normalized spacial score (nSPS) is 11.5. The Kier molecular flexibility index (Phi) is 4.52. The molecule has 0 N–H and O–H groups in total. The van der Waals surface area contributed by atoms with Crippen LogP contribution in [-0.4, -0.2) is 38.5 Å². The van der Waals surface area contributed by atoms with Crippen molar-refractivity contribution in [2.75, 3.05) is 14.2 Å². The fourth-order valence-electron chi connectivity index (χ4n) is 3.52. The van der Waals surface area contributed by atoms with Gasteiger partial charge in [0, 0.05) is 25.0 Å². The first-order chi connectivity index (χ1) is 13.3. The van der Waals surface area contributed by atoms with Crippen molar-refractivity contribution in [3.63, 3.8) is 0 Å². The van der Waals surface area contributed by atoms with Crippen LogP contribution < -0.4 is 9.47 Å². The number of ether oxygens (including phenoxy) is 2. The molecule has 0 saturated carbocycles. The molecule has 3 aromatic heterocycles. The summed E-state index contributed by atoms with van der Waals surface area (Å²) in [6, 6.07) is 13.8. The van der Waals surface area contributed by atoms with E-state index in [1.54, 1.807) is 20.4 Å². The molecule has 1 aromatic carbocycles. The second-order valence-corrected chi connectivity index (χ2v) is 6.25. The molecule has 0 atom stereocenters. The molecule has 7 nitrogen and oxygen atoms in total. The number of benzene rings is 1. The maximum absolute atomic E-state index is 5.54. The molecule has 0 aliphatic carbocycles. The minimum Gasteiger partial charge on any atom is -0.493 e. The van der Waals surface area contributed by atoms with Crippen molar-refractivity contribution in [1.29, 1.82) is 0 Å². The van der Waals surface area contributed by atoms with Gasteiger partial charge in [0.1, 0.15) is 5.69 Å². The Labute approximate surface area is 168 Å². The van der Waals surface area contributed by atoms with Crippen LogP contribution in [0.25, 0.3) is 28.7 Å². The third-order valence-corrected chi connectivity index (χ3v) is 4.78. The van der Waals surface area contributed by atoms with Gasteiger partial charge >= 0.3 is 0 Å². The molecule has 4 aromatic rings. The zero-order valence-electron chi connectivity index (χ0n) is 15.4. The van der Waals surface area contributed by atoms with Gasteiger partial charge in [-0.2, -0.15) is 0 Å². The molecule has 8 heteroatoms. The molecule has 0 amide bonds. The standard InChI is InChI=1S/C20H17N5O2.ClH/c1-26-17-10-13-12-24-9-5-7-15(24)20-23-22-19(14-6-3-4-8-21-14)25(20)16(13)11-18(17)27-2;/h3-11H,12H2,1-2H3;1H. The maximum atomic E-state index is 5.54. The molecule has 1 aliphatic heterocycles. The van der Waals surface area contributed by atoms with Crippen molar-refractivity contribution in [2.45, 2.75) is 6.54 Å². The highest BCUT2D eigenvalue weighted by atomic mass is 35.5. The number of methoxy groups -OCH3 is 2. The van der Waals surface area contributed by atoms with Gasteiger partial charge < -0.3 is 14.0 Å². The zero-order valence-corrected chi connectivity index (χ0v) is 16.2. The monoisotopic (exact) mass is 395 g/mol. The summed E-state index contributed by atoms with van der Waals surface area (Å²) < 4.78 is 15.2. The van der Waals surface area contributed by atoms with Gasteiger partial charge in [0.05, 0.1) is 25.6 Å². The highest BCUT2D eigenvalue weighted by molar-refractivity contribution is 5.85. The Morgan fingerprint density at radius 1 is 0.929 bits per heavy atom. The smallest absolute Gasteiger partial charge is 0.187 e. The minimum atomic E-state index is 0. The highest BCUT2D eigenvalue weighted by Gasteiger charge is 2.26. The number of aromatic nitrogens is 5. The molecular formula is C20H18ClN5O2. The van der Waals surface area contributed by atoms with E-state index >= 15 is 0 Å². The summed E-state index contributed by atoms with van der Waals surface area (Å²) >= 11 is 0. The Morgan fingerprint density at radius 2 is 1.71 bits per heavy atom. The number of nitrogens with zero attached hydrogens (tertiary/aromatic N) is 5. The predicted octanol–water partition coefficient (Wildman–Crippen LogP) is 3.60. The number of rotatable bonds is 3. The van der Waals surface area contributed by atoms with Gasteiger partial charge in [-0.1, -0.05) is 6.07 Å². The molecule has 0 bridgehead atoms. The molecule has 0 saturated heterocycles. The Balaban J connectivity index is 0.00000192. The van der Waals surface area contributed by atoms with Crippen LogP contribution in [0.15, 0.2) is 54.9 Å². The molecule has 0 spiro atoms. The van der Waals surface area contributed by atoms with Crippen LogP contribution in [0.1, 0.15) is 5.56 Å². The Hall–Kier alpha value is -3.32. The lowest BCUT2D eigenvalue weighted by molar-refractivity contribution is 0.354. The van der Waals surface area contributed by atoms with E-state index < -0.39 is 0 Å². The average Bonchev–Trinajstić information content (AvgIpc) is 3.32. The van der Waals surface area contributed by atoms with Crippen molar-refractivity contribution >= 4 is 12.4 Å². The number of halogens is 1. The molecule has 142 valence electrons. The second kappa shape index (κ2) is 7.01. The molecule has 28 heavy (non-hydrogen) atoms. The van der Waals surface area contributed by atoms with Gasteiger partial charge in [-0.05, 0) is 35.9 Å². The molecule has 5 rings (SSSR count). The van der Waals surface area contributed by atoms with Gasteiger partial charge in [-0.3, -0.25) is 9.55 Å². The van der Waals surface area contributed by atoms with Gasteiger partial charge in [0.2, 0.25) is 0 Å². The largest absolute Gasteiger partial charge is 0.493 e. The third-order valence-electron chi connectivity index (χ3n) is 4.78. The predicted molar refractivity (Wildman–Crippen MR) is 107 cm³/mol. The van der Waals surface area contributed by atoms with E-state index in [0.29, 0.717) is 23.9 Å². The van der Waals surface area contributed by atoms with E-state index in [2.05, 4.69) is 19.7 Å². The van der Waals surface area contributed by atoms with Crippen LogP contribution in [-0.2, 0) is 6.54 Å². The Morgan fingerprint density at radius 3 is 2.46 bits per heavy atom. The van der Waals surface area contributed by atoms with Crippen molar-refractivity contribution in [1.82, 2.24) is 24.3 Å². The fourth-order valence-corrected chi connectivity index (χ4v) is 3.52. The van der Waals surface area contributed by atoms with Crippen LogP contribution in [0.5, 0.6) is 11.5 Å². The molecular weight excluding hydrogens is 378 g/mol. The summed E-state index contributed by atoms with van der Waals surface area (Å²) in [4.78, 5) is 4.47. The van der Waals surface area contributed by atoms with Gasteiger partial charge in [-0.15, -0.1) is 22.6 Å². The SMILES string of the molecule is COc1cc2c(cc1OC)-n1c(-c3ccccn3)nnc1-c1cccn1C2.Cl. The average molecular weight is 396 g/mol. The Bertz CT molecular complexity index is 1140. The first-order valence-corrected chi connectivity index (χ1v) is 8.57. The number of fused-ring (bicyclic) bond motifs is 5. The van der Waals surface area contributed by atoms with E-state index in [0.717, 1.165) is 28.5 Å². The second-order valence-electron chi connectivity index (χ2n) is 6.25. The molecule has 0 fully saturated rings. The van der Waals surface area contributed by atoms with Crippen LogP contribution in [0.2, 0.25) is 0 Å². The molecule has 4 heterocycles. The maximum Gasteiger partial charge on any atom is 0.187 e. The summed E-state index contributed by atoms with van der Waals surface area (Å²) in [5.74, 6) is 2.82. The molecule has 1 aliphatic rings. The number of pyridine rings is 1. The van der Waals surface area contributed by atoms with Crippen LogP contribution in [0.3, 0.4) is 0 Å². The number of hydrogen-bond donors (Lipinski definition) is 0. The van der Waals surface area contributed by atoms with Crippen molar-refractivity contribution in [3.05, 3.63) is 60.4 Å². The highest BCUT2D eigenvalue weighted by Crippen LogP contribution is 2.38. The van der Waals surface area contributed by atoms with Gasteiger partial charge in [0.15, 0.2) is 23.1 Å². The first-order valence-electron chi connectivity index (χ1n) is 8.57. The third kappa shape index (κ3) is 2.63. The summed E-state index contributed by atoms with van der Waals surface area (Å²) in [5, 5.41) is 8.93. The first kappa shape index (κ1) is 18.1. The minimum absolute atomic E-state index is 0. The van der Waals surface area contributed by atoms with Gasteiger partial charge in [0.25, 0.3) is 0 Å². The summed E-state index contributed by atoms with van der Waals surface area (Å²) in [5.41, 5.74) is 3.80. The molecule has 0 radical (unpaired) electrons. The lowest BCUT2D eigenvalue weighted by atomic mass is 10.1. The summed E-state index contributed by atoms with van der Waals surface area (Å²) in [6.45, 7) is 0.697. The van der Waals surface area contributed by atoms with Crippen molar-refractivity contribution in [3.8, 4) is 40.2 Å². The van der Waals surface area contributed by atoms with E-state index in [-0.39, 0.29) is 12.4 Å². The van der Waals surface area contributed by atoms with E-state index in [1.165, 1.54) is 0 Å².